The van der Waals surface area contributed by atoms with Gasteiger partial charge in [0.1, 0.15) is 6.10 Å². The van der Waals surface area contributed by atoms with Crippen LogP contribution in [0.3, 0.4) is 0 Å². The minimum atomic E-state index is -3.02. The van der Waals surface area contributed by atoms with Crippen molar-refractivity contribution in [3.8, 4) is 0 Å². The van der Waals surface area contributed by atoms with Crippen LogP contribution in [0.5, 0.6) is 0 Å². The molecule has 8 heteroatoms. The van der Waals surface area contributed by atoms with Crippen molar-refractivity contribution in [1.82, 2.24) is 4.90 Å². The summed E-state index contributed by atoms with van der Waals surface area (Å²) in [5.41, 5.74) is 1.19. The summed E-state index contributed by atoms with van der Waals surface area (Å²) in [5, 5.41) is 0.623. The molecule has 3 atom stereocenters. The van der Waals surface area contributed by atoms with E-state index in [1.165, 1.54) is 17.3 Å². The fourth-order valence-corrected chi connectivity index (χ4v) is 7.71. The van der Waals surface area contributed by atoms with Crippen LogP contribution in [0.1, 0.15) is 18.4 Å². The minimum absolute atomic E-state index is 0.0354. The Morgan fingerprint density at radius 2 is 2.08 bits per heavy atom. The highest BCUT2D eigenvalue weighted by Gasteiger charge is 2.48. The predicted octanol–water partition coefficient (Wildman–Crippen LogP) is 1.51. The van der Waals surface area contributed by atoms with E-state index in [0.29, 0.717) is 24.7 Å². The number of carbonyl (C=O) groups is 1. The van der Waals surface area contributed by atoms with E-state index in [-0.39, 0.29) is 28.7 Å². The van der Waals surface area contributed by atoms with Gasteiger partial charge in [0.15, 0.2) is 15.0 Å². The van der Waals surface area contributed by atoms with Crippen LogP contribution in [0.2, 0.25) is 0 Å². The van der Waals surface area contributed by atoms with Crippen LogP contribution >= 0.6 is 11.8 Å². The Labute approximate surface area is 157 Å². The molecule has 3 saturated heterocycles. The van der Waals surface area contributed by atoms with Gasteiger partial charge >= 0.3 is 0 Å². The van der Waals surface area contributed by atoms with Crippen molar-refractivity contribution in [2.24, 2.45) is 4.99 Å². The van der Waals surface area contributed by atoms with E-state index in [9.17, 15) is 13.2 Å². The van der Waals surface area contributed by atoms with Crippen LogP contribution in [0.25, 0.3) is 0 Å². The fourth-order valence-electron chi connectivity index (χ4n) is 3.73. The number of hydrogen-bond acceptors (Lipinski definition) is 5. The monoisotopic (exact) mass is 394 g/mol. The number of nitrogens with zero attached hydrogens (tertiary/aromatic N) is 2. The molecule has 3 aliphatic rings. The third-order valence-electron chi connectivity index (χ3n) is 5.07. The van der Waals surface area contributed by atoms with Crippen molar-refractivity contribution in [2.45, 2.75) is 36.7 Å². The Morgan fingerprint density at radius 3 is 2.81 bits per heavy atom. The molecular weight excluding hydrogens is 372 g/mol. The number of amidine groups is 1. The molecule has 1 aromatic carbocycles. The molecule has 1 aromatic rings. The number of sulfone groups is 1. The predicted molar refractivity (Wildman–Crippen MR) is 102 cm³/mol. The molecule has 3 heterocycles. The number of fused-ring (bicyclic) bond motifs is 1. The molecule has 3 fully saturated rings. The summed E-state index contributed by atoms with van der Waals surface area (Å²) in [6.07, 6.45) is 1.95. The normalized spacial score (nSPS) is 31.5. The van der Waals surface area contributed by atoms with Crippen LogP contribution < -0.4 is 0 Å². The first-order chi connectivity index (χ1) is 12.5. The Bertz CT molecular complexity index is 804. The lowest BCUT2D eigenvalue weighted by atomic mass is 10.1. The van der Waals surface area contributed by atoms with Gasteiger partial charge in [-0.3, -0.25) is 4.79 Å². The van der Waals surface area contributed by atoms with E-state index >= 15 is 0 Å². The standard InChI is InChI=1S/C18H22N2O4S2/c21-17(15-7-4-10-24-15)19-18-20(9-8-13-5-2-1-3-6-13)14-11-26(22,23)12-16(14)25-18/h1-3,5-6,14-16H,4,7-12H2/t14-,15+,16+/m1/s1. The molecular formula is C18H22N2O4S2. The Morgan fingerprint density at radius 1 is 1.27 bits per heavy atom. The maximum Gasteiger partial charge on any atom is 0.277 e. The molecule has 6 nitrogen and oxygen atoms in total. The second-order valence-electron chi connectivity index (χ2n) is 6.96. The first-order valence-corrected chi connectivity index (χ1v) is 11.6. The number of aliphatic imine (C=N–C) groups is 1. The number of amides is 1. The zero-order valence-corrected chi connectivity index (χ0v) is 16.0. The Balaban J connectivity index is 1.53. The van der Waals surface area contributed by atoms with Crippen LogP contribution in [0.15, 0.2) is 35.3 Å². The molecule has 4 rings (SSSR count). The number of rotatable bonds is 4. The molecule has 0 radical (unpaired) electrons. The Kier molecular flexibility index (Phi) is 5.07. The van der Waals surface area contributed by atoms with Crippen molar-refractivity contribution in [2.75, 3.05) is 24.7 Å². The SMILES string of the molecule is O=C(N=C1S[C@H]2CS(=O)(=O)C[C@H]2N1CCc1ccccc1)[C@@H]1CCCO1. The molecule has 0 unspecified atom stereocenters. The lowest BCUT2D eigenvalue weighted by Crippen LogP contribution is -2.39. The third kappa shape index (κ3) is 3.82. The average molecular weight is 395 g/mol. The maximum atomic E-state index is 12.4. The van der Waals surface area contributed by atoms with Gasteiger partial charge in [0, 0.05) is 18.4 Å². The average Bonchev–Trinajstić information content (AvgIpc) is 3.29. The number of hydrogen-bond donors (Lipinski definition) is 0. The van der Waals surface area contributed by atoms with Crippen LogP contribution in [0, 0.1) is 0 Å². The van der Waals surface area contributed by atoms with E-state index in [1.54, 1.807) is 0 Å². The minimum Gasteiger partial charge on any atom is -0.368 e. The second kappa shape index (κ2) is 7.32. The number of carbonyl (C=O) groups excluding carboxylic acids is 1. The maximum absolute atomic E-state index is 12.4. The molecule has 0 aliphatic carbocycles. The van der Waals surface area contributed by atoms with Crippen molar-refractivity contribution >= 4 is 32.7 Å². The molecule has 0 aromatic heterocycles. The molecule has 140 valence electrons. The zero-order chi connectivity index (χ0) is 18.1. The highest BCUT2D eigenvalue weighted by molar-refractivity contribution is 8.15. The van der Waals surface area contributed by atoms with E-state index in [0.717, 1.165) is 12.8 Å². The first-order valence-electron chi connectivity index (χ1n) is 8.94. The van der Waals surface area contributed by atoms with Crippen LogP contribution in [0.4, 0.5) is 0 Å². The molecule has 1 amide bonds. The second-order valence-corrected chi connectivity index (χ2v) is 10.3. The summed E-state index contributed by atoms with van der Waals surface area (Å²) in [7, 11) is -3.02. The van der Waals surface area contributed by atoms with Gasteiger partial charge in [-0.05, 0) is 24.8 Å². The first kappa shape index (κ1) is 18.0. The van der Waals surface area contributed by atoms with Gasteiger partial charge in [0.2, 0.25) is 0 Å². The summed E-state index contributed by atoms with van der Waals surface area (Å²) in [4.78, 5) is 18.8. The van der Waals surface area contributed by atoms with Gasteiger partial charge in [0.05, 0.1) is 17.5 Å². The van der Waals surface area contributed by atoms with Gasteiger partial charge in [-0.2, -0.15) is 4.99 Å². The lowest BCUT2D eigenvalue weighted by Gasteiger charge is -2.24. The summed E-state index contributed by atoms with van der Waals surface area (Å²) in [6, 6.07) is 9.98. The van der Waals surface area contributed by atoms with Crippen LogP contribution in [-0.2, 0) is 25.8 Å². The quantitative estimate of drug-likeness (QED) is 0.770. The summed E-state index contributed by atoms with van der Waals surface area (Å²) < 4.78 is 29.5. The fraction of sp³-hybridized carbons (Fsp3) is 0.556. The van der Waals surface area contributed by atoms with Gasteiger partial charge in [-0.1, -0.05) is 42.1 Å². The molecule has 0 spiro atoms. The summed E-state index contributed by atoms with van der Waals surface area (Å²) >= 11 is 1.43. The van der Waals surface area contributed by atoms with Crippen molar-refractivity contribution < 1.29 is 17.9 Å². The smallest absolute Gasteiger partial charge is 0.277 e. The molecule has 0 bridgehead atoms. The van der Waals surface area contributed by atoms with Gasteiger partial charge in [-0.25, -0.2) is 8.42 Å². The molecule has 26 heavy (non-hydrogen) atoms. The van der Waals surface area contributed by atoms with Gasteiger partial charge < -0.3 is 9.64 Å². The van der Waals surface area contributed by atoms with Crippen molar-refractivity contribution in [3.05, 3.63) is 35.9 Å². The number of thioether (sulfide) groups is 1. The summed E-state index contributed by atoms with van der Waals surface area (Å²) in [6.45, 7) is 1.26. The highest BCUT2D eigenvalue weighted by atomic mass is 32.2. The van der Waals surface area contributed by atoms with Crippen LogP contribution in [-0.4, -0.2) is 66.4 Å². The van der Waals surface area contributed by atoms with Crippen molar-refractivity contribution in [1.29, 1.82) is 0 Å². The van der Waals surface area contributed by atoms with E-state index in [2.05, 4.69) is 17.1 Å². The number of ether oxygens (including phenoxy) is 1. The third-order valence-corrected chi connectivity index (χ3v) is 8.32. The highest BCUT2D eigenvalue weighted by Crippen LogP contribution is 2.38. The van der Waals surface area contributed by atoms with Gasteiger partial charge in [-0.15, -0.1) is 0 Å². The summed E-state index contributed by atoms with van der Waals surface area (Å²) in [5.74, 6) is 0.0710. The largest absolute Gasteiger partial charge is 0.368 e. The molecule has 3 aliphatic heterocycles. The topological polar surface area (TPSA) is 76.0 Å². The Hall–Kier alpha value is -1.38. The molecule has 0 N–H and O–H groups in total. The zero-order valence-electron chi connectivity index (χ0n) is 14.4. The van der Waals surface area contributed by atoms with E-state index in [1.807, 2.05) is 23.1 Å². The lowest BCUT2D eigenvalue weighted by molar-refractivity contribution is -0.126. The van der Waals surface area contributed by atoms with E-state index in [4.69, 9.17) is 4.74 Å². The number of benzene rings is 1. The van der Waals surface area contributed by atoms with Gasteiger partial charge in [0.25, 0.3) is 5.91 Å². The molecule has 0 saturated carbocycles. The van der Waals surface area contributed by atoms with Crippen molar-refractivity contribution in [3.63, 3.8) is 0 Å². The van der Waals surface area contributed by atoms with E-state index < -0.39 is 15.9 Å².